The monoisotopic (exact) mass is 436 g/mol. The highest BCUT2D eigenvalue weighted by Crippen LogP contribution is 2.31. The van der Waals surface area contributed by atoms with E-state index >= 15 is 0 Å². The minimum Gasteiger partial charge on any atom is -0.481 e. The number of anilines is 2. The van der Waals surface area contributed by atoms with Crippen molar-refractivity contribution in [3.8, 4) is 11.9 Å². The van der Waals surface area contributed by atoms with Crippen LogP contribution in [-0.2, 0) is 0 Å². The maximum Gasteiger partial charge on any atom is 0.316 e. The van der Waals surface area contributed by atoms with E-state index in [-0.39, 0.29) is 11.9 Å². The molecule has 1 fully saturated rings. The van der Waals surface area contributed by atoms with E-state index in [0.717, 1.165) is 29.7 Å². The van der Waals surface area contributed by atoms with Crippen LogP contribution in [0.4, 0.5) is 11.4 Å². The average Bonchev–Trinajstić information content (AvgIpc) is 2.77. The highest BCUT2D eigenvalue weighted by atomic mass is 16.5. The highest BCUT2D eigenvalue weighted by Gasteiger charge is 2.24. The number of pyridine rings is 1. The van der Waals surface area contributed by atoms with Crippen LogP contribution < -0.4 is 25.0 Å². The average molecular weight is 437 g/mol. The van der Waals surface area contributed by atoms with E-state index in [1.54, 1.807) is 25.6 Å². The summed E-state index contributed by atoms with van der Waals surface area (Å²) in [6, 6.07) is 6.51. The second-order valence-corrected chi connectivity index (χ2v) is 8.13. The number of carbonyl (C=O) groups excluding carboxylic acids is 1. The van der Waals surface area contributed by atoms with Crippen LogP contribution in [0.3, 0.4) is 0 Å². The van der Waals surface area contributed by atoms with Crippen molar-refractivity contribution in [2.45, 2.75) is 32.9 Å². The molecule has 2 aromatic heterocycles. The number of amides is 1. The molecule has 3 heterocycles. The fourth-order valence-electron chi connectivity index (χ4n) is 4.21. The summed E-state index contributed by atoms with van der Waals surface area (Å²) in [7, 11) is 3.07. The van der Waals surface area contributed by atoms with Gasteiger partial charge in [-0.25, -0.2) is 9.97 Å². The van der Waals surface area contributed by atoms with Gasteiger partial charge >= 0.3 is 6.01 Å². The highest BCUT2D eigenvalue weighted by molar-refractivity contribution is 6.13. The Morgan fingerprint density at radius 1 is 1.12 bits per heavy atom. The lowest BCUT2D eigenvalue weighted by molar-refractivity contribution is 0.102. The van der Waals surface area contributed by atoms with Crippen molar-refractivity contribution < 1.29 is 14.3 Å². The minimum atomic E-state index is -0.282. The van der Waals surface area contributed by atoms with Gasteiger partial charge in [0.2, 0.25) is 5.88 Å². The number of rotatable bonds is 5. The van der Waals surface area contributed by atoms with Crippen LogP contribution >= 0.6 is 0 Å². The Bertz CT molecular complexity index is 1140. The van der Waals surface area contributed by atoms with Gasteiger partial charge in [0.15, 0.2) is 0 Å². The molecular weight excluding hydrogens is 408 g/mol. The molecule has 168 valence electrons. The summed E-state index contributed by atoms with van der Waals surface area (Å²) in [5, 5.41) is 7.26. The summed E-state index contributed by atoms with van der Waals surface area (Å²) in [6.07, 6.45) is 3.29. The number of nitrogens with one attached hydrogen (secondary N) is 2. The SMILES string of the molecule is COc1ncc2c(N3CC(C)NC(C)C3)ccc(C(=O)Nc3cnc(OC)c(C)c3)c2n1. The van der Waals surface area contributed by atoms with Gasteiger partial charge in [-0.1, -0.05) is 0 Å². The number of aryl methyl sites for hydroxylation is 1. The summed E-state index contributed by atoms with van der Waals surface area (Å²) < 4.78 is 10.4. The minimum absolute atomic E-state index is 0.215. The van der Waals surface area contributed by atoms with Gasteiger partial charge < -0.3 is 25.0 Å². The molecule has 1 saturated heterocycles. The molecule has 9 nitrogen and oxygen atoms in total. The zero-order valence-corrected chi connectivity index (χ0v) is 19.0. The number of carbonyl (C=O) groups is 1. The quantitative estimate of drug-likeness (QED) is 0.630. The zero-order chi connectivity index (χ0) is 22.8. The van der Waals surface area contributed by atoms with Crippen molar-refractivity contribution in [3.63, 3.8) is 0 Å². The first-order chi connectivity index (χ1) is 15.4. The van der Waals surface area contributed by atoms with Crippen LogP contribution in [-0.4, -0.2) is 60.3 Å². The molecule has 1 aliphatic heterocycles. The van der Waals surface area contributed by atoms with Crippen LogP contribution in [0.5, 0.6) is 11.9 Å². The second kappa shape index (κ2) is 8.96. The third kappa shape index (κ3) is 4.29. The standard InChI is InChI=1S/C23H28N6O3/c1-13-8-16(9-24-22(13)31-4)27-21(30)17-6-7-19(29-11-14(2)26-15(3)12-29)18-10-25-23(32-5)28-20(17)18/h6-10,14-15,26H,11-12H2,1-5H3,(H,27,30). The molecule has 0 saturated carbocycles. The maximum atomic E-state index is 13.2. The summed E-state index contributed by atoms with van der Waals surface area (Å²) in [5.41, 5.74) is 3.40. The molecule has 1 aromatic carbocycles. The number of benzene rings is 1. The molecule has 2 atom stereocenters. The van der Waals surface area contributed by atoms with E-state index < -0.39 is 0 Å². The molecule has 1 amide bonds. The molecule has 4 rings (SSSR count). The summed E-state index contributed by atoms with van der Waals surface area (Å²) >= 11 is 0. The van der Waals surface area contributed by atoms with Gasteiger partial charge in [-0.3, -0.25) is 4.79 Å². The Balaban J connectivity index is 1.73. The zero-order valence-electron chi connectivity index (χ0n) is 19.0. The van der Waals surface area contributed by atoms with E-state index in [9.17, 15) is 4.79 Å². The van der Waals surface area contributed by atoms with Crippen molar-refractivity contribution in [2.75, 3.05) is 37.5 Å². The molecule has 0 aliphatic carbocycles. The van der Waals surface area contributed by atoms with Gasteiger partial charge in [-0.05, 0) is 39.0 Å². The van der Waals surface area contributed by atoms with E-state index in [0.29, 0.717) is 34.7 Å². The first kappa shape index (κ1) is 21.8. The van der Waals surface area contributed by atoms with Gasteiger partial charge in [0.1, 0.15) is 0 Å². The lowest BCUT2D eigenvalue weighted by Gasteiger charge is -2.38. The van der Waals surface area contributed by atoms with Crippen molar-refractivity contribution in [3.05, 3.63) is 41.7 Å². The molecule has 1 aliphatic rings. The number of methoxy groups -OCH3 is 2. The molecule has 0 radical (unpaired) electrons. The van der Waals surface area contributed by atoms with Crippen LogP contribution in [0, 0.1) is 6.92 Å². The van der Waals surface area contributed by atoms with Crippen molar-refractivity contribution in [1.82, 2.24) is 20.3 Å². The Hall–Kier alpha value is -3.46. The second-order valence-electron chi connectivity index (χ2n) is 8.13. The lowest BCUT2D eigenvalue weighted by atomic mass is 10.0. The van der Waals surface area contributed by atoms with E-state index in [1.807, 2.05) is 19.1 Å². The number of ether oxygens (including phenoxy) is 2. The summed E-state index contributed by atoms with van der Waals surface area (Å²) in [5.74, 6) is 0.241. The molecule has 2 unspecified atom stereocenters. The van der Waals surface area contributed by atoms with Gasteiger partial charge in [-0.2, -0.15) is 4.98 Å². The molecule has 3 aromatic rings. The van der Waals surface area contributed by atoms with E-state index in [2.05, 4.69) is 44.3 Å². The van der Waals surface area contributed by atoms with Gasteiger partial charge in [0.25, 0.3) is 5.91 Å². The van der Waals surface area contributed by atoms with Crippen LogP contribution in [0.15, 0.2) is 30.6 Å². The Labute approximate surface area is 187 Å². The topological polar surface area (TPSA) is 102 Å². The third-order valence-corrected chi connectivity index (χ3v) is 5.51. The van der Waals surface area contributed by atoms with Gasteiger partial charge in [0, 0.05) is 48.0 Å². The van der Waals surface area contributed by atoms with Crippen molar-refractivity contribution in [2.24, 2.45) is 0 Å². The number of piperazine rings is 1. The first-order valence-corrected chi connectivity index (χ1v) is 10.6. The van der Waals surface area contributed by atoms with Crippen LogP contribution in [0.25, 0.3) is 10.9 Å². The maximum absolute atomic E-state index is 13.2. The predicted molar refractivity (Wildman–Crippen MR) is 124 cm³/mol. The Morgan fingerprint density at radius 3 is 2.53 bits per heavy atom. The van der Waals surface area contributed by atoms with Gasteiger partial charge in [-0.15, -0.1) is 0 Å². The molecular formula is C23H28N6O3. The van der Waals surface area contributed by atoms with Crippen molar-refractivity contribution >= 4 is 28.2 Å². The number of aromatic nitrogens is 3. The normalized spacial score (nSPS) is 18.5. The number of fused-ring (bicyclic) bond motifs is 1. The fourth-order valence-corrected chi connectivity index (χ4v) is 4.21. The fraction of sp³-hybridized carbons (Fsp3) is 0.391. The largest absolute Gasteiger partial charge is 0.481 e. The number of hydrogen-bond donors (Lipinski definition) is 2. The smallest absolute Gasteiger partial charge is 0.316 e. The predicted octanol–water partition coefficient (Wildman–Crippen LogP) is 2.79. The Kier molecular flexibility index (Phi) is 6.09. The van der Waals surface area contributed by atoms with Crippen molar-refractivity contribution in [1.29, 1.82) is 0 Å². The van der Waals surface area contributed by atoms with Crippen LogP contribution in [0.1, 0.15) is 29.8 Å². The third-order valence-electron chi connectivity index (χ3n) is 5.51. The van der Waals surface area contributed by atoms with E-state index in [4.69, 9.17) is 9.47 Å². The molecule has 32 heavy (non-hydrogen) atoms. The Morgan fingerprint density at radius 2 is 1.88 bits per heavy atom. The molecule has 0 bridgehead atoms. The summed E-state index contributed by atoms with van der Waals surface area (Å²) in [6.45, 7) is 7.91. The number of hydrogen-bond acceptors (Lipinski definition) is 8. The number of nitrogens with zero attached hydrogens (tertiary/aromatic N) is 4. The van der Waals surface area contributed by atoms with Gasteiger partial charge in [0.05, 0.1) is 37.2 Å². The lowest BCUT2D eigenvalue weighted by Crippen LogP contribution is -2.54. The molecule has 9 heteroatoms. The molecule has 2 N–H and O–H groups in total. The summed E-state index contributed by atoms with van der Waals surface area (Å²) in [4.78, 5) is 28.6. The first-order valence-electron chi connectivity index (χ1n) is 10.6. The molecule has 0 spiro atoms. The van der Waals surface area contributed by atoms with E-state index in [1.165, 1.54) is 7.11 Å². The van der Waals surface area contributed by atoms with Crippen LogP contribution in [0.2, 0.25) is 0 Å².